The third-order valence-corrected chi connectivity index (χ3v) is 3.61. The molecule has 0 fully saturated rings. The minimum atomic E-state index is 0.350. The summed E-state index contributed by atoms with van der Waals surface area (Å²) in [6.07, 6.45) is 0. The predicted molar refractivity (Wildman–Crippen MR) is 69.7 cm³/mol. The fourth-order valence-electron chi connectivity index (χ4n) is 2.41. The van der Waals surface area contributed by atoms with Crippen molar-refractivity contribution in [2.75, 3.05) is 0 Å². The van der Waals surface area contributed by atoms with E-state index in [1.807, 2.05) is 0 Å². The normalized spacial score (nSPS) is 15.4. The number of phenols is 1. The maximum atomic E-state index is 9.32. The lowest BCUT2D eigenvalue weighted by atomic mass is 9.74. The van der Waals surface area contributed by atoms with Gasteiger partial charge >= 0.3 is 0 Å². The summed E-state index contributed by atoms with van der Waals surface area (Å²) in [6, 6.07) is 7.69. The summed E-state index contributed by atoms with van der Waals surface area (Å²) < 4.78 is 0. The molecule has 2 atom stereocenters. The van der Waals surface area contributed by atoms with Gasteiger partial charge in [0.15, 0.2) is 0 Å². The number of benzene rings is 1. The molecule has 0 amide bonds. The van der Waals surface area contributed by atoms with Crippen LogP contribution in [0.5, 0.6) is 5.75 Å². The number of hydrogen-bond acceptors (Lipinski definition) is 1. The van der Waals surface area contributed by atoms with Crippen LogP contribution >= 0.6 is 0 Å². The van der Waals surface area contributed by atoms with Crippen molar-refractivity contribution in [3.8, 4) is 5.75 Å². The zero-order valence-corrected chi connectivity index (χ0v) is 11.1. The Morgan fingerprint density at radius 1 is 0.812 bits per heavy atom. The topological polar surface area (TPSA) is 20.2 Å². The van der Waals surface area contributed by atoms with Crippen molar-refractivity contribution >= 4 is 0 Å². The van der Waals surface area contributed by atoms with E-state index in [1.165, 1.54) is 5.56 Å². The molecule has 0 aliphatic heterocycles. The number of rotatable bonds is 4. The molecular formula is C15H24O. The second-order valence-corrected chi connectivity index (χ2v) is 5.46. The summed E-state index contributed by atoms with van der Waals surface area (Å²) in [7, 11) is 0. The highest BCUT2D eigenvalue weighted by molar-refractivity contribution is 5.29. The maximum absolute atomic E-state index is 9.32. The van der Waals surface area contributed by atoms with Crippen LogP contribution in [0.2, 0.25) is 0 Å². The molecule has 2 unspecified atom stereocenters. The van der Waals surface area contributed by atoms with Gasteiger partial charge in [-0.25, -0.2) is 0 Å². The van der Waals surface area contributed by atoms with Crippen molar-refractivity contribution in [2.24, 2.45) is 17.8 Å². The quantitative estimate of drug-likeness (QED) is 0.796. The predicted octanol–water partition coefficient (Wildman–Crippen LogP) is 4.42. The second kappa shape index (κ2) is 5.38. The van der Waals surface area contributed by atoms with Gasteiger partial charge in [0.25, 0.3) is 0 Å². The molecule has 0 saturated carbocycles. The molecule has 1 heteroatoms. The molecule has 1 aromatic rings. The highest BCUT2D eigenvalue weighted by atomic mass is 16.3. The van der Waals surface area contributed by atoms with Gasteiger partial charge in [0.2, 0.25) is 0 Å². The molecule has 1 rings (SSSR count). The highest BCUT2D eigenvalue weighted by Crippen LogP contribution is 2.36. The number of aromatic hydroxyl groups is 1. The van der Waals surface area contributed by atoms with Crippen molar-refractivity contribution < 1.29 is 5.11 Å². The molecule has 0 radical (unpaired) electrons. The second-order valence-electron chi connectivity index (χ2n) is 5.46. The summed E-state index contributed by atoms with van der Waals surface area (Å²) in [4.78, 5) is 0. The summed E-state index contributed by atoms with van der Waals surface area (Å²) >= 11 is 0. The third-order valence-electron chi connectivity index (χ3n) is 3.61. The first-order valence-corrected chi connectivity index (χ1v) is 6.22. The Bertz CT molecular complexity index is 311. The standard InChI is InChI=1S/C15H24O/c1-10(2)12(5)15(11(3)4)13-6-8-14(16)9-7-13/h6-12,15-16H,1-5H3. The van der Waals surface area contributed by atoms with Gasteiger partial charge in [-0.1, -0.05) is 46.8 Å². The summed E-state index contributed by atoms with van der Waals surface area (Å²) in [5.41, 5.74) is 1.34. The van der Waals surface area contributed by atoms with Gasteiger partial charge in [-0.05, 0) is 41.4 Å². The Morgan fingerprint density at radius 2 is 1.31 bits per heavy atom. The number of hydrogen-bond donors (Lipinski definition) is 1. The van der Waals surface area contributed by atoms with Crippen LogP contribution in [0.3, 0.4) is 0 Å². The van der Waals surface area contributed by atoms with Gasteiger partial charge < -0.3 is 5.11 Å². The maximum Gasteiger partial charge on any atom is 0.115 e. The monoisotopic (exact) mass is 220 g/mol. The zero-order valence-electron chi connectivity index (χ0n) is 11.1. The van der Waals surface area contributed by atoms with Gasteiger partial charge in [-0.15, -0.1) is 0 Å². The Kier molecular flexibility index (Phi) is 4.40. The molecule has 1 aromatic carbocycles. The van der Waals surface area contributed by atoms with Gasteiger partial charge in [0.1, 0.15) is 5.75 Å². The van der Waals surface area contributed by atoms with Crippen molar-refractivity contribution in [1.82, 2.24) is 0 Å². The Balaban J connectivity index is 2.98. The smallest absolute Gasteiger partial charge is 0.115 e. The van der Waals surface area contributed by atoms with Gasteiger partial charge in [-0.2, -0.15) is 0 Å². The van der Waals surface area contributed by atoms with Crippen LogP contribution in [0.4, 0.5) is 0 Å². The first kappa shape index (κ1) is 13.1. The van der Waals surface area contributed by atoms with E-state index in [-0.39, 0.29) is 0 Å². The molecule has 0 bridgehead atoms. The van der Waals surface area contributed by atoms with Gasteiger partial charge in [0.05, 0.1) is 0 Å². The van der Waals surface area contributed by atoms with E-state index in [4.69, 9.17) is 0 Å². The Labute approximate surface area is 99.5 Å². The SMILES string of the molecule is CC(C)C(C)C(c1ccc(O)cc1)C(C)C. The minimum Gasteiger partial charge on any atom is -0.508 e. The van der Waals surface area contributed by atoms with Crippen molar-refractivity contribution in [3.63, 3.8) is 0 Å². The molecule has 0 spiro atoms. The van der Waals surface area contributed by atoms with E-state index in [1.54, 1.807) is 12.1 Å². The summed E-state index contributed by atoms with van der Waals surface area (Å²) in [6.45, 7) is 11.4. The van der Waals surface area contributed by atoms with Crippen LogP contribution in [-0.4, -0.2) is 5.11 Å². The molecule has 0 aliphatic carbocycles. The average molecular weight is 220 g/mol. The van der Waals surface area contributed by atoms with Crippen molar-refractivity contribution in [1.29, 1.82) is 0 Å². The third kappa shape index (κ3) is 3.01. The lowest BCUT2D eigenvalue weighted by molar-refractivity contribution is 0.289. The van der Waals surface area contributed by atoms with Crippen LogP contribution in [0.1, 0.15) is 46.1 Å². The number of phenolic OH excluding ortho intramolecular Hbond substituents is 1. The summed E-state index contributed by atoms with van der Waals surface area (Å²) in [5, 5.41) is 9.32. The molecule has 0 aromatic heterocycles. The molecule has 0 saturated heterocycles. The van der Waals surface area contributed by atoms with Crippen LogP contribution in [0, 0.1) is 17.8 Å². The molecular weight excluding hydrogens is 196 g/mol. The van der Waals surface area contributed by atoms with Gasteiger partial charge in [0, 0.05) is 0 Å². The van der Waals surface area contributed by atoms with E-state index >= 15 is 0 Å². The first-order valence-electron chi connectivity index (χ1n) is 6.22. The molecule has 90 valence electrons. The molecule has 16 heavy (non-hydrogen) atoms. The first-order chi connectivity index (χ1) is 7.43. The lowest BCUT2D eigenvalue weighted by Crippen LogP contribution is -2.20. The van der Waals surface area contributed by atoms with Crippen LogP contribution < -0.4 is 0 Å². The van der Waals surface area contributed by atoms with Crippen molar-refractivity contribution in [3.05, 3.63) is 29.8 Å². The van der Waals surface area contributed by atoms with E-state index < -0.39 is 0 Å². The largest absolute Gasteiger partial charge is 0.508 e. The van der Waals surface area contributed by atoms with E-state index in [9.17, 15) is 5.11 Å². The Morgan fingerprint density at radius 3 is 1.69 bits per heavy atom. The molecule has 1 nitrogen and oxygen atoms in total. The van der Waals surface area contributed by atoms with E-state index in [0.717, 1.165) is 0 Å². The van der Waals surface area contributed by atoms with Crippen LogP contribution in [0.25, 0.3) is 0 Å². The summed E-state index contributed by atoms with van der Waals surface area (Å²) in [5.74, 6) is 2.89. The van der Waals surface area contributed by atoms with Crippen LogP contribution in [-0.2, 0) is 0 Å². The minimum absolute atomic E-state index is 0.350. The molecule has 0 aliphatic rings. The van der Waals surface area contributed by atoms with E-state index in [0.29, 0.717) is 29.4 Å². The van der Waals surface area contributed by atoms with Crippen LogP contribution in [0.15, 0.2) is 24.3 Å². The fourth-order valence-corrected chi connectivity index (χ4v) is 2.41. The zero-order chi connectivity index (χ0) is 12.3. The molecule has 1 N–H and O–H groups in total. The van der Waals surface area contributed by atoms with Crippen molar-refractivity contribution in [2.45, 2.75) is 40.5 Å². The van der Waals surface area contributed by atoms with E-state index in [2.05, 4.69) is 46.8 Å². The highest BCUT2D eigenvalue weighted by Gasteiger charge is 2.24. The Hall–Kier alpha value is -0.980. The fraction of sp³-hybridized carbons (Fsp3) is 0.600. The average Bonchev–Trinajstić information content (AvgIpc) is 2.20. The van der Waals surface area contributed by atoms with Gasteiger partial charge in [-0.3, -0.25) is 0 Å². The molecule has 0 heterocycles. The lowest BCUT2D eigenvalue weighted by Gasteiger charge is -2.30.